The molecule has 1 amide bonds. The van der Waals surface area contributed by atoms with Crippen LogP contribution in [0.15, 0.2) is 24.3 Å². The summed E-state index contributed by atoms with van der Waals surface area (Å²) in [5, 5.41) is 3.08. The molecule has 19 heavy (non-hydrogen) atoms. The van der Waals surface area contributed by atoms with Crippen LogP contribution in [-0.4, -0.2) is 17.8 Å². The first kappa shape index (κ1) is 16.0. The molecule has 1 rings (SSSR count). The summed E-state index contributed by atoms with van der Waals surface area (Å²) in [5.74, 6) is 1.12. The Hall–Kier alpha value is -1.02. The fourth-order valence-electron chi connectivity index (χ4n) is 2.09. The second kappa shape index (κ2) is 8.21. The van der Waals surface area contributed by atoms with E-state index in [0.717, 1.165) is 12.8 Å². The van der Waals surface area contributed by atoms with E-state index in [1.54, 1.807) is 0 Å². The Bertz CT molecular complexity index is 403. The Balaban J connectivity index is 2.42. The normalized spacial score (nSPS) is 12.5. The molecule has 0 aromatic heterocycles. The molecule has 1 aromatic rings. The second-order valence-corrected chi connectivity index (χ2v) is 5.76. The van der Waals surface area contributed by atoms with Gasteiger partial charge in [0.2, 0.25) is 5.91 Å². The smallest absolute Gasteiger partial charge is 0.220 e. The summed E-state index contributed by atoms with van der Waals surface area (Å²) in [4.78, 5) is 11.9. The zero-order valence-electron chi connectivity index (χ0n) is 12.1. The quantitative estimate of drug-likeness (QED) is 0.759. The highest BCUT2D eigenvalue weighted by Crippen LogP contribution is 2.09. The average molecular weight is 282 g/mol. The third-order valence-electron chi connectivity index (χ3n) is 3.29. The molecule has 0 aliphatic heterocycles. The first-order valence-electron chi connectivity index (χ1n) is 6.93. The van der Waals surface area contributed by atoms with Crippen molar-refractivity contribution in [2.24, 2.45) is 5.92 Å². The van der Waals surface area contributed by atoms with Gasteiger partial charge in [0.1, 0.15) is 0 Å². The molecule has 1 aromatic carbocycles. The molecule has 3 heteroatoms. The van der Waals surface area contributed by atoms with Crippen LogP contribution in [0.3, 0.4) is 0 Å². The number of halogens is 1. The molecule has 0 radical (unpaired) electrons. The molecule has 0 saturated carbocycles. The first-order chi connectivity index (χ1) is 9.02. The minimum atomic E-state index is 0.116. The molecular weight excluding hydrogens is 258 g/mol. The molecule has 0 fully saturated rings. The van der Waals surface area contributed by atoms with Gasteiger partial charge in [0.25, 0.3) is 0 Å². The van der Waals surface area contributed by atoms with Gasteiger partial charge < -0.3 is 5.32 Å². The number of aryl methyl sites for hydroxylation is 2. The van der Waals surface area contributed by atoms with Crippen LogP contribution in [0.25, 0.3) is 0 Å². The van der Waals surface area contributed by atoms with E-state index in [1.807, 2.05) is 6.07 Å². The lowest BCUT2D eigenvalue weighted by atomic mass is 10.0. The Labute approximate surface area is 121 Å². The summed E-state index contributed by atoms with van der Waals surface area (Å²) in [5.41, 5.74) is 2.45. The van der Waals surface area contributed by atoms with Crippen LogP contribution in [0.5, 0.6) is 0 Å². The number of hydrogen-bond acceptors (Lipinski definition) is 1. The van der Waals surface area contributed by atoms with E-state index >= 15 is 0 Å². The molecular formula is C16H24ClNO. The van der Waals surface area contributed by atoms with E-state index in [-0.39, 0.29) is 11.9 Å². The number of carbonyl (C=O) groups is 1. The van der Waals surface area contributed by atoms with Gasteiger partial charge in [0, 0.05) is 18.3 Å². The van der Waals surface area contributed by atoms with Crippen molar-refractivity contribution in [3.05, 3.63) is 35.4 Å². The van der Waals surface area contributed by atoms with Crippen molar-refractivity contribution in [2.45, 2.75) is 46.1 Å². The van der Waals surface area contributed by atoms with E-state index in [2.05, 4.69) is 44.3 Å². The van der Waals surface area contributed by atoms with Gasteiger partial charge in [-0.15, -0.1) is 11.6 Å². The van der Waals surface area contributed by atoms with E-state index in [9.17, 15) is 4.79 Å². The van der Waals surface area contributed by atoms with Crippen LogP contribution in [0.2, 0.25) is 0 Å². The Morgan fingerprint density at radius 3 is 2.68 bits per heavy atom. The number of amides is 1. The molecule has 0 bridgehead atoms. The summed E-state index contributed by atoms with van der Waals surface area (Å²) in [6.07, 6.45) is 2.16. The number of hydrogen-bond donors (Lipinski definition) is 1. The van der Waals surface area contributed by atoms with E-state index in [1.165, 1.54) is 11.1 Å². The van der Waals surface area contributed by atoms with Gasteiger partial charge in [-0.1, -0.05) is 43.7 Å². The number of carbonyl (C=O) groups excluding carboxylic acids is 1. The lowest BCUT2D eigenvalue weighted by Gasteiger charge is -2.21. The maximum atomic E-state index is 11.9. The van der Waals surface area contributed by atoms with Crippen molar-refractivity contribution in [2.75, 3.05) is 5.88 Å². The van der Waals surface area contributed by atoms with Gasteiger partial charge in [0.05, 0.1) is 0 Å². The molecule has 106 valence electrons. The van der Waals surface area contributed by atoms with Crippen molar-refractivity contribution in [3.63, 3.8) is 0 Å². The van der Waals surface area contributed by atoms with E-state index in [4.69, 9.17) is 11.6 Å². The van der Waals surface area contributed by atoms with Gasteiger partial charge in [-0.05, 0) is 31.2 Å². The maximum Gasteiger partial charge on any atom is 0.220 e. The van der Waals surface area contributed by atoms with Crippen molar-refractivity contribution in [3.8, 4) is 0 Å². The summed E-state index contributed by atoms with van der Waals surface area (Å²) in [6.45, 7) is 6.29. The van der Waals surface area contributed by atoms with Crippen LogP contribution in [0, 0.1) is 12.8 Å². The molecule has 0 saturated heterocycles. The molecule has 1 N–H and O–H groups in total. The standard InChI is InChI=1S/C16H24ClNO/c1-12(2)15(9-10-17)18-16(19)8-7-14-6-4-5-13(3)11-14/h4-6,11-12,15H,7-10H2,1-3H3,(H,18,19). The predicted octanol–water partition coefficient (Wildman–Crippen LogP) is 3.70. The highest BCUT2D eigenvalue weighted by Gasteiger charge is 2.15. The van der Waals surface area contributed by atoms with Crippen LogP contribution in [0.4, 0.5) is 0 Å². The highest BCUT2D eigenvalue weighted by molar-refractivity contribution is 6.17. The van der Waals surface area contributed by atoms with Crippen molar-refractivity contribution in [1.82, 2.24) is 5.32 Å². The number of benzene rings is 1. The third-order valence-corrected chi connectivity index (χ3v) is 3.51. The topological polar surface area (TPSA) is 29.1 Å². The van der Waals surface area contributed by atoms with Crippen LogP contribution in [0.1, 0.15) is 37.8 Å². The molecule has 1 atom stereocenters. The number of nitrogens with one attached hydrogen (secondary N) is 1. The van der Waals surface area contributed by atoms with Gasteiger partial charge in [0.15, 0.2) is 0 Å². The average Bonchev–Trinajstić information content (AvgIpc) is 2.36. The Kier molecular flexibility index (Phi) is 6.93. The number of rotatable bonds is 7. The SMILES string of the molecule is Cc1cccc(CCC(=O)NC(CCCl)C(C)C)c1. The first-order valence-corrected chi connectivity index (χ1v) is 7.47. The minimum Gasteiger partial charge on any atom is -0.353 e. The van der Waals surface area contributed by atoms with Crippen LogP contribution >= 0.6 is 11.6 Å². The zero-order chi connectivity index (χ0) is 14.3. The van der Waals surface area contributed by atoms with Gasteiger partial charge in [-0.3, -0.25) is 4.79 Å². The van der Waals surface area contributed by atoms with Gasteiger partial charge >= 0.3 is 0 Å². The third kappa shape index (κ3) is 6.11. The fourth-order valence-corrected chi connectivity index (χ4v) is 2.33. The van der Waals surface area contributed by atoms with Crippen LogP contribution < -0.4 is 5.32 Å². The van der Waals surface area contributed by atoms with Gasteiger partial charge in [-0.25, -0.2) is 0 Å². The maximum absolute atomic E-state index is 11.9. The molecule has 2 nitrogen and oxygen atoms in total. The van der Waals surface area contributed by atoms with Crippen molar-refractivity contribution < 1.29 is 4.79 Å². The van der Waals surface area contributed by atoms with E-state index < -0.39 is 0 Å². The van der Waals surface area contributed by atoms with E-state index in [0.29, 0.717) is 18.2 Å². The zero-order valence-corrected chi connectivity index (χ0v) is 12.8. The summed E-state index contributed by atoms with van der Waals surface area (Å²) in [7, 11) is 0. The van der Waals surface area contributed by atoms with Crippen molar-refractivity contribution >= 4 is 17.5 Å². The largest absolute Gasteiger partial charge is 0.353 e. The molecule has 0 spiro atoms. The molecule has 0 aliphatic carbocycles. The van der Waals surface area contributed by atoms with Gasteiger partial charge in [-0.2, -0.15) is 0 Å². The number of alkyl halides is 1. The summed E-state index contributed by atoms with van der Waals surface area (Å²) in [6, 6.07) is 8.49. The lowest BCUT2D eigenvalue weighted by Crippen LogP contribution is -2.38. The molecule has 0 aliphatic rings. The Morgan fingerprint density at radius 2 is 2.11 bits per heavy atom. The molecule has 1 unspecified atom stereocenters. The predicted molar refractivity (Wildman–Crippen MR) is 81.6 cm³/mol. The molecule has 0 heterocycles. The Morgan fingerprint density at radius 1 is 1.37 bits per heavy atom. The van der Waals surface area contributed by atoms with Crippen molar-refractivity contribution in [1.29, 1.82) is 0 Å². The van der Waals surface area contributed by atoms with Crippen LogP contribution in [-0.2, 0) is 11.2 Å². The monoisotopic (exact) mass is 281 g/mol. The summed E-state index contributed by atoms with van der Waals surface area (Å²) >= 11 is 5.76. The second-order valence-electron chi connectivity index (χ2n) is 5.38. The summed E-state index contributed by atoms with van der Waals surface area (Å²) < 4.78 is 0. The fraction of sp³-hybridized carbons (Fsp3) is 0.562. The minimum absolute atomic E-state index is 0.116. The highest BCUT2D eigenvalue weighted by atomic mass is 35.5. The lowest BCUT2D eigenvalue weighted by molar-refractivity contribution is -0.122.